The molecule has 1 fully saturated rings. The average Bonchev–Trinajstić information content (AvgIpc) is 2.88. The minimum absolute atomic E-state index is 0.0231. The van der Waals surface area contributed by atoms with Gasteiger partial charge < -0.3 is 19.7 Å². The Kier molecular flexibility index (Phi) is 4.16. The first kappa shape index (κ1) is 13.5. The van der Waals surface area contributed by atoms with Crippen LogP contribution in [0.4, 0.5) is 0 Å². The van der Waals surface area contributed by atoms with Crippen LogP contribution in [0.25, 0.3) is 0 Å². The van der Waals surface area contributed by atoms with Crippen LogP contribution in [0.2, 0.25) is 0 Å². The summed E-state index contributed by atoms with van der Waals surface area (Å²) < 4.78 is 5.52. The molecular formula is C12H17N3O4. The molecule has 1 atom stereocenters. The number of likely N-dealkylation sites (tertiary alicyclic amines) is 1. The number of nitrogens with zero attached hydrogens (tertiary/aromatic N) is 2. The number of nitrogens with one attached hydrogen (secondary N) is 1. The van der Waals surface area contributed by atoms with E-state index < -0.39 is 5.97 Å². The highest BCUT2D eigenvalue weighted by Gasteiger charge is 2.29. The van der Waals surface area contributed by atoms with E-state index in [2.05, 4.69) is 9.97 Å². The maximum atomic E-state index is 12.3. The van der Waals surface area contributed by atoms with E-state index in [1.54, 1.807) is 4.90 Å². The molecule has 7 nitrogen and oxygen atoms in total. The Balaban J connectivity index is 2.10. The van der Waals surface area contributed by atoms with Gasteiger partial charge in [-0.3, -0.25) is 4.79 Å². The monoisotopic (exact) mass is 267 g/mol. The number of aromatic nitrogens is 2. The van der Waals surface area contributed by atoms with E-state index in [9.17, 15) is 9.59 Å². The number of ether oxygens (including phenoxy) is 1. The van der Waals surface area contributed by atoms with E-state index in [1.807, 2.05) is 6.92 Å². The van der Waals surface area contributed by atoms with Crippen LogP contribution in [0.1, 0.15) is 40.7 Å². The van der Waals surface area contributed by atoms with Gasteiger partial charge in [0.2, 0.25) is 0 Å². The van der Waals surface area contributed by atoms with Gasteiger partial charge in [0.15, 0.2) is 11.4 Å². The van der Waals surface area contributed by atoms with Crippen molar-refractivity contribution in [2.45, 2.75) is 25.9 Å². The molecule has 1 unspecified atom stereocenters. The third-order valence-corrected chi connectivity index (χ3v) is 3.12. The van der Waals surface area contributed by atoms with Crippen molar-refractivity contribution in [1.82, 2.24) is 14.9 Å². The van der Waals surface area contributed by atoms with Crippen molar-refractivity contribution in [3.8, 4) is 0 Å². The third-order valence-electron chi connectivity index (χ3n) is 3.12. The molecular weight excluding hydrogens is 250 g/mol. The molecule has 1 aliphatic heterocycles. The maximum Gasteiger partial charge on any atom is 0.354 e. The number of imidazole rings is 1. The van der Waals surface area contributed by atoms with Crippen LogP contribution in [-0.4, -0.2) is 57.7 Å². The van der Waals surface area contributed by atoms with Crippen molar-refractivity contribution in [1.29, 1.82) is 0 Å². The van der Waals surface area contributed by atoms with Crippen LogP contribution in [0.5, 0.6) is 0 Å². The minimum Gasteiger partial charge on any atom is -0.477 e. The normalized spacial score (nSPS) is 19.4. The fraction of sp³-hybridized carbons (Fsp3) is 0.583. The molecule has 1 aliphatic rings. The summed E-state index contributed by atoms with van der Waals surface area (Å²) in [6, 6.07) is 0. The molecule has 19 heavy (non-hydrogen) atoms. The van der Waals surface area contributed by atoms with Crippen molar-refractivity contribution in [2.24, 2.45) is 0 Å². The molecule has 0 aromatic carbocycles. The molecule has 104 valence electrons. The second kappa shape index (κ2) is 5.83. The Hall–Kier alpha value is -1.89. The fourth-order valence-electron chi connectivity index (χ4n) is 2.26. The summed E-state index contributed by atoms with van der Waals surface area (Å²) in [7, 11) is 0. The highest BCUT2D eigenvalue weighted by molar-refractivity contribution is 6.02. The van der Waals surface area contributed by atoms with E-state index in [4.69, 9.17) is 9.84 Å². The van der Waals surface area contributed by atoms with Crippen LogP contribution in [0, 0.1) is 0 Å². The molecule has 2 N–H and O–H groups in total. The van der Waals surface area contributed by atoms with E-state index in [-0.39, 0.29) is 23.4 Å². The molecule has 0 saturated carbocycles. The lowest BCUT2D eigenvalue weighted by molar-refractivity contribution is 0.00697. The van der Waals surface area contributed by atoms with Crippen molar-refractivity contribution in [2.75, 3.05) is 19.7 Å². The lowest BCUT2D eigenvalue weighted by Gasteiger charge is -2.32. The Morgan fingerprint density at radius 2 is 2.42 bits per heavy atom. The Morgan fingerprint density at radius 1 is 1.63 bits per heavy atom. The smallest absolute Gasteiger partial charge is 0.354 e. The SMILES string of the molecule is CCOC1CCCN(C(=O)c2nc[nH]c2C(=O)O)C1. The summed E-state index contributed by atoms with van der Waals surface area (Å²) in [4.78, 5) is 31.1. The van der Waals surface area contributed by atoms with Gasteiger partial charge in [-0.25, -0.2) is 9.78 Å². The quantitative estimate of drug-likeness (QED) is 0.839. The molecule has 2 heterocycles. The standard InChI is InChI=1S/C12H17N3O4/c1-2-19-8-4-3-5-15(6-8)11(16)9-10(12(17)18)14-7-13-9/h7-8H,2-6H2,1H3,(H,13,14)(H,17,18). The Labute approximate surface area is 110 Å². The minimum atomic E-state index is -1.18. The van der Waals surface area contributed by atoms with Crippen molar-refractivity contribution in [3.63, 3.8) is 0 Å². The summed E-state index contributed by atoms with van der Waals surface area (Å²) >= 11 is 0. The van der Waals surface area contributed by atoms with Gasteiger partial charge in [0, 0.05) is 19.7 Å². The first-order chi connectivity index (χ1) is 9.13. The average molecular weight is 267 g/mol. The number of rotatable bonds is 4. The maximum absolute atomic E-state index is 12.3. The molecule has 0 radical (unpaired) electrons. The number of hydrogen-bond acceptors (Lipinski definition) is 4. The summed E-state index contributed by atoms with van der Waals surface area (Å²) in [5, 5.41) is 8.97. The number of piperidine rings is 1. The summed E-state index contributed by atoms with van der Waals surface area (Å²) in [6.07, 6.45) is 3.02. The van der Waals surface area contributed by atoms with Gasteiger partial charge in [-0.15, -0.1) is 0 Å². The molecule has 2 rings (SSSR count). The molecule has 1 saturated heterocycles. The van der Waals surface area contributed by atoms with Gasteiger partial charge in [0.25, 0.3) is 5.91 Å². The predicted octanol–water partition coefficient (Wildman–Crippen LogP) is 0.749. The van der Waals surface area contributed by atoms with Gasteiger partial charge >= 0.3 is 5.97 Å². The number of carbonyl (C=O) groups excluding carboxylic acids is 1. The van der Waals surface area contributed by atoms with Gasteiger partial charge in [-0.2, -0.15) is 0 Å². The molecule has 7 heteroatoms. The van der Waals surface area contributed by atoms with E-state index >= 15 is 0 Å². The predicted molar refractivity (Wildman–Crippen MR) is 66.1 cm³/mol. The molecule has 1 aromatic heterocycles. The largest absolute Gasteiger partial charge is 0.477 e. The lowest BCUT2D eigenvalue weighted by atomic mass is 10.1. The summed E-state index contributed by atoms with van der Waals surface area (Å²) in [5.74, 6) is -1.54. The zero-order valence-electron chi connectivity index (χ0n) is 10.8. The number of carboxylic acids is 1. The number of aromatic carboxylic acids is 1. The van der Waals surface area contributed by atoms with Crippen molar-refractivity contribution < 1.29 is 19.4 Å². The highest BCUT2D eigenvalue weighted by Crippen LogP contribution is 2.16. The fourth-order valence-corrected chi connectivity index (χ4v) is 2.26. The first-order valence-corrected chi connectivity index (χ1v) is 6.31. The molecule has 1 amide bonds. The van der Waals surface area contributed by atoms with Gasteiger partial charge in [-0.1, -0.05) is 0 Å². The van der Waals surface area contributed by atoms with Gasteiger partial charge in [0.05, 0.1) is 12.4 Å². The summed E-state index contributed by atoms with van der Waals surface area (Å²) in [6.45, 7) is 3.61. The number of aromatic amines is 1. The number of hydrogen-bond donors (Lipinski definition) is 2. The number of amides is 1. The van der Waals surface area contributed by atoms with Gasteiger partial charge in [0.1, 0.15) is 0 Å². The van der Waals surface area contributed by atoms with Crippen LogP contribution in [0.3, 0.4) is 0 Å². The Morgan fingerprint density at radius 3 is 3.11 bits per heavy atom. The van der Waals surface area contributed by atoms with Crippen LogP contribution in [-0.2, 0) is 4.74 Å². The lowest BCUT2D eigenvalue weighted by Crippen LogP contribution is -2.43. The van der Waals surface area contributed by atoms with E-state index in [0.717, 1.165) is 12.8 Å². The first-order valence-electron chi connectivity index (χ1n) is 6.31. The second-order valence-corrected chi connectivity index (χ2v) is 4.40. The molecule has 0 aliphatic carbocycles. The van der Waals surface area contributed by atoms with Crippen molar-refractivity contribution >= 4 is 11.9 Å². The van der Waals surface area contributed by atoms with Crippen LogP contribution >= 0.6 is 0 Å². The van der Waals surface area contributed by atoms with E-state index in [1.165, 1.54) is 6.33 Å². The molecule has 0 spiro atoms. The van der Waals surface area contributed by atoms with Crippen LogP contribution < -0.4 is 0 Å². The second-order valence-electron chi connectivity index (χ2n) is 4.40. The topological polar surface area (TPSA) is 95.5 Å². The zero-order chi connectivity index (χ0) is 13.8. The number of carbonyl (C=O) groups is 2. The van der Waals surface area contributed by atoms with E-state index in [0.29, 0.717) is 19.7 Å². The molecule has 0 bridgehead atoms. The number of H-pyrrole nitrogens is 1. The van der Waals surface area contributed by atoms with Crippen LogP contribution in [0.15, 0.2) is 6.33 Å². The highest BCUT2D eigenvalue weighted by atomic mass is 16.5. The molecule has 1 aromatic rings. The third kappa shape index (κ3) is 2.93. The van der Waals surface area contributed by atoms with Gasteiger partial charge in [-0.05, 0) is 19.8 Å². The number of carboxylic acid groups (broad SMARTS) is 1. The van der Waals surface area contributed by atoms with Crippen molar-refractivity contribution in [3.05, 3.63) is 17.7 Å². The Bertz CT molecular complexity index is 469. The summed E-state index contributed by atoms with van der Waals surface area (Å²) in [5.41, 5.74) is -0.201. The zero-order valence-corrected chi connectivity index (χ0v) is 10.8.